The molecule has 4 aromatic heterocycles. The van der Waals surface area contributed by atoms with Crippen molar-refractivity contribution >= 4 is 45.6 Å². The van der Waals surface area contributed by atoms with Crippen molar-refractivity contribution < 1.29 is 14.3 Å². The second kappa shape index (κ2) is 10.2. The average Bonchev–Trinajstić information content (AvgIpc) is 3.47. The Bertz CT molecular complexity index is 1330. The Hall–Kier alpha value is -3.79. The van der Waals surface area contributed by atoms with Crippen molar-refractivity contribution in [2.75, 3.05) is 17.7 Å². The second-order valence-electron chi connectivity index (χ2n) is 8.43. The van der Waals surface area contributed by atoms with Gasteiger partial charge in [-0.1, -0.05) is 12.5 Å². The van der Waals surface area contributed by atoms with Gasteiger partial charge in [0, 0.05) is 47.7 Å². The fraction of sp³-hybridized carbons (Fsp3) is 0.320. The van der Waals surface area contributed by atoms with Crippen LogP contribution in [0, 0.1) is 5.92 Å². The molecule has 0 unspecified atom stereocenters. The zero-order valence-corrected chi connectivity index (χ0v) is 20.2. The van der Waals surface area contributed by atoms with E-state index in [0.717, 1.165) is 35.7 Å². The highest BCUT2D eigenvalue weighted by atomic mass is 32.1. The van der Waals surface area contributed by atoms with Crippen LogP contribution in [-0.2, 0) is 29.0 Å². The van der Waals surface area contributed by atoms with Gasteiger partial charge in [-0.2, -0.15) is 0 Å². The van der Waals surface area contributed by atoms with Crippen molar-refractivity contribution in [1.82, 2.24) is 19.5 Å². The number of nitrogens with zero attached hydrogens (tertiary/aromatic N) is 4. The third kappa shape index (κ3) is 4.88. The molecule has 0 radical (unpaired) electrons. The first kappa shape index (κ1) is 23.0. The topological polar surface area (TPSA) is 111 Å². The largest absolute Gasteiger partial charge is 0.464 e. The minimum Gasteiger partial charge on any atom is -0.464 e. The number of carbonyl (C=O) groups is 2. The summed E-state index contributed by atoms with van der Waals surface area (Å²) in [4.78, 5) is 39.3. The number of anilines is 2. The molecule has 2 N–H and O–H groups in total. The maximum atomic E-state index is 13.0. The molecule has 1 fully saturated rings. The summed E-state index contributed by atoms with van der Waals surface area (Å²) in [5, 5.41) is 9.93. The lowest BCUT2D eigenvalue weighted by Gasteiger charge is -2.24. The number of esters is 1. The Morgan fingerprint density at radius 1 is 1.20 bits per heavy atom. The Kier molecular flexibility index (Phi) is 6.71. The lowest BCUT2D eigenvalue weighted by atomic mass is 9.85. The van der Waals surface area contributed by atoms with Crippen LogP contribution in [0.4, 0.5) is 11.4 Å². The number of thiazole rings is 1. The molecule has 4 aromatic rings. The van der Waals surface area contributed by atoms with Crippen LogP contribution in [0.5, 0.6) is 0 Å². The van der Waals surface area contributed by atoms with Crippen molar-refractivity contribution in [3.8, 4) is 0 Å². The van der Waals surface area contributed by atoms with Crippen LogP contribution in [0.1, 0.15) is 40.5 Å². The molecule has 0 aliphatic heterocycles. The Balaban J connectivity index is 1.55. The van der Waals surface area contributed by atoms with Gasteiger partial charge in [-0.15, -0.1) is 11.3 Å². The minimum absolute atomic E-state index is 0.0356. The molecule has 0 atom stereocenters. The van der Waals surface area contributed by atoms with Crippen LogP contribution < -0.4 is 10.6 Å². The van der Waals surface area contributed by atoms with Crippen LogP contribution in [-0.4, -0.2) is 38.5 Å². The van der Waals surface area contributed by atoms with E-state index in [1.54, 1.807) is 29.9 Å². The standard InChI is InChI=1S/C25H26N6O3S/c1-34-25(33)22-21(30-24(32)16-5-4-6-16)19-13-18(28-15-20-27-10-12-35-20)14-29-23(19)31(22)11-8-17-7-2-3-9-26-17/h2-3,7,9-10,12-14,16,28H,4-6,8,11,15H2,1H3,(H,30,32). The van der Waals surface area contributed by atoms with Crippen molar-refractivity contribution in [3.05, 3.63) is 64.6 Å². The normalized spacial score (nSPS) is 13.4. The van der Waals surface area contributed by atoms with E-state index < -0.39 is 5.97 Å². The zero-order chi connectivity index (χ0) is 24.2. The Morgan fingerprint density at radius 2 is 2.09 bits per heavy atom. The Labute approximate surface area is 206 Å². The van der Waals surface area contributed by atoms with E-state index in [0.29, 0.717) is 36.2 Å². The fourth-order valence-corrected chi connectivity index (χ4v) is 4.72. The molecule has 1 aliphatic rings. The number of methoxy groups -OCH3 is 1. The van der Waals surface area contributed by atoms with E-state index in [9.17, 15) is 9.59 Å². The van der Waals surface area contributed by atoms with Crippen LogP contribution >= 0.6 is 11.3 Å². The fourth-order valence-electron chi connectivity index (χ4n) is 4.16. The summed E-state index contributed by atoms with van der Waals surface area (Å²) in [6, 6.07) is 7.65. The first-order valence-electron chi connectivity index (χ1n) is 11.6. The predicted molar refractivity (Wildman–Crippen MR) is 134 cm³/mol. The highest BCUT2D eigenvalue weighted by Crippen LogP contribution is 2.35. The zero-order valence-electron chi connectivity index (χ0n) is 19.4. The van der Waals surface area contributed by atoms with Crippen molar-refractivity contribution in [3.63, 3.8) is 0 Å². The quantitative estimate of drug-likeness (QED) is 0.337. The molecular formula is C25H26N6O3S. The highest BCUT2D eigenvalue weighted by molar-refractivity contribution is 7.09. The molecule has 0 spiro atoms. The summed E-state index contributed by atoms with van der Waals surface area (Å²) < 4.78 is 6.95. The van der Waals surface area contributed by atoms with E-state index in [-0.39, 0.29) is 17.5 Å². The lowest BCUT2D eigenvalue weighted by molar-refractivity contribution is -0.122. The van der Waals surface area contributed by atoms with E-state index in [1.165, 1.54) is 7.11 Å². The number of pyridine rings is 2. The van der Waals surface area contributed by atoms with Crippen LogP contribution in [0.15, 0.2) is 48.2 Å². The van der Waals surface area contributed by atoms with Crippen LogP contribution in [0.3, 0.4) is 0 Å². The average molecular weight is 491 g/mol. The first-order valence-corrected chi connectivity index (χ1v) is 12.5. The molecule has 10 heteroatoms. The monoisotopic (exact) mass is 490 g/mol. The van der Waals surface area contributed by atoms with Crippen molar-refractivity contribution in [2.45, 2.75) is 38.8 Å². The summed E-state index contributed by atoms with van der Waals surface area (Å²) in [6.07, 6.45) is 8.59. The summed E-state index contributed by atoms with van der Waals surface area (Å²) >= 11 is 1.57. The van der Waals surface area contributed by atoms with Gasteiger partial charge >= 0.3 is 5.97 Å². The molecule has 4 heterocycles. The summed E-state index contributed by atoms with van der Waals surface area (Å²) in [5.74, 6) is -0.636. The summed E-state index contributed by atoms with van der Waals surface area (Å²) in [6.45, 7) is 1.01. The lowest BCUT2D eigenvalue weighted by Crippen LogP contribution is -2.29. The summed E-state index contributed by atoms with van der Waals surface area (Å²) in [5.41, 5.74) is 2.99. The number of aromatic nitrogens is 4. The molecule has 1 saturated carbocycles. The minimum atomic E-state index is -0.523. The molecule has 180 valence electrons. The third-order valence-corrected chi connectivity index (χ3v) is 7.03. The third-order valence-electron chi connectivity index (χ3n) is 6.25. The van der Waals surface area contributed by atoms with E-state index >= 15 is 0 Å². The van der Waals surface area contributed by atoms with Gasteiger partial charge in [-0.25, -0.2) is 14.8 Å². The number of amides is 1. The number of rotatable bonds is 9. The van der Waals surface area contributed by atoms with Gasteiger partial charge < -0.3 is 19.9 Å². The Morgan fingerprint density at radius 3 is 2.77 bits per heavy atom. The SMILES string of the molecule is COC(=O)c1c(NC(=O)C2CCC2)c2cc(NCc3nccs3)cnc2n1CCc1ccccn1. The molecule has 35 heavy (non-hydrogen) atoms. The molecular weight excluding hydrogens is 464 g/mol. The van der Waals surface area contributed by atoms with E-state index in [1.807, 2.05) is 34.2 Å². The van der Waals surface area contributed by atoms with E-state index in [2.05, 4.69) is 25.6 Å². The van der Waals surface area contributed by atoms with Crippen molar-refractivity contribution in [2.24, 2.45) is 5.92 Å². The molecule has 9 nitrogen and oxygen atoms in total. The van der Waals surface area contributed by atoms with Gasteiger partial charge in [0.15, 0.2) is 5.69 Å². The van der Waals surface area contributed by atoms with Gasteiger partial charge in [0.05, 0.1) is 31.2 Å². The van der Waals surface area contributed by atoms with Crippen LogP contribution in [0.2, 0.25) is 0 Å². The predicted octanol–water partition coefficient (Wildman–Crippen LogP) is 4.27. The first-order chi connectivity index (χ1) is 17.1. The second-order valence-corrected chi connectivity index (χ2v) is 9.41. The summed E-state index contributed by atoms with van der Waals surface area (Å²) in [7, 11) is 1.34. The number of carbonyl (C=O) groups excluding carboxylic acids is 2. The molecule has 0 aromatic carbocycles. The number of ether oxygens (including phenoxy) is 1. The number of aryl methyl sites for hydroxylation is 2. The number of nitrogens with one attached hydrogen (secondary N) is 2. The maximum absolute atomic E-state index is 13.0. The van der Waals surface area contributed by atoms with Crippen molar-refractivity contribution in [1.29, 1.82) is 0 Å². The van der Waals surface area contributed by atoms with Crippen LogP contribution in [0.25, 0.3) is 11.0 Å². The number of hydrogen-bond donors (Lipinski definition) is 2. The molecule has 0 saturated heterocycles. The van der Waals surface area contributed by atoms with Gasteiger partial charge in [0.2, 0.25) is 5.91 Å². The van der Waals surface area contributed by atoms with Gasteiger partial charge in [0.25, 0.3) is 0 Å². The molecule has 5 rings (SSSR count). The smallest absolute Gasteiger partial charge is 0.356 e. The maximum Gasteiger partial charge on any atom is 0.356 e. The highest BCUT2D eigenvalue weighted by Gasteiger charge is 2.30. The molecule has 1 amide bonds. The molecule has 1 aliphatic carbocycles. The van der Waals surface area contributed by atoms with Gasteiger partial charge in [0.1, 0.15) is 10.7 Å². The molecule has 0 bridgehead atoms. The van der Waals surface area contributed by atoms with E-state index in [4.69, 9.17) is 4.74 Å². The van der Waals surface area contributed by atoms with Gasteiger partial charge in [-0.05, 0) is 31.0 Å². The van der Waals surface area contributed by atoms with Gasteiger partial charge in [-0.3, -0.25) is 9.78 Å². The number of hydrogen-bond acceptors (Lipinski definition) is 8. The number of fused-ring (bicyclic) bond motifs is 1.